The Morgan fingerprint density at radius 2 is 2.06 bits per heavy atom. The first-order valence-corrected chi connectivity index (χ1v) is 7.02. The maximum Gasteiger partial charge on any atom is 0.147 e. The van der Waals surface area contributed by atoms with Gasteiger partial charge >= 0.3 is 0 Å². The van der Waals surface area contributed by atoms with Gasteiger partial charge in [0.1, 0.15) is 5.82 Å². The number of halogens is 1. The second-order valence-corrected chi connectivity index (χ2v) is 5.94. The van der Waals surface area contributed by atoms with Crippen LogP contribution in [0.5, 0.6) is 0 Å². The molecule has 2 atom stereocenters. The average molecular weight is 268 g/mol. The van der Waals surface area contributed by atoms with Crippen LogP contribution in [0.2, 0.25) is 5.02 Å². The summed E-state index contributed by atoms with van der Waals surface area (Å²) in [5.74, 6) is 2.36. The molecule has 2 unspecified atom stereocenters. The third-order valence-electron chi connectivity index (χ3n) is 3.43. The molecule has 1 aliphatic rings. The van der Waals surface area contributed by atoms with Crippen molar-refractivity contribution in [1.29, 1.82) is 0 Å². The minimum atomic E-state index is 0.712. The Morgan fingerprint density at radius 3 is 2.61 bits per heavy atom. The Kier molecular flexibility index (Phi) is 4.46. The number of pyridine rings is 1. The van der Waals surface area contributed by atoms with Crippen LogP contribution in [0.3, 0.4) is 0 Å². The van der Waals surface area contributed by atoms with Crippen LogP contribution < -0.4 is 10.2 Å². The van der Waals surface area contributed by atoms with Crippen molar-refractivity contribution in [1.82, 2.24) is 10.3 Å². The smallest absolute Gasteiger partial charge is 0.147 e. The van der Waals surface area contributed by atoms with Crippen molar-refractivity contribution in [2.45, 2.75) is 26.8 Å². The minimum absolute atomic E-state index is 0.712. The fraction of sp³-hybridized carbons (Fsp3) is 0.643. The molecular formula is C14H22ClN3. The van der Waals surface area contributed by atoms with E-state index in [1.807, 2.05) is 19.3 Å². The first-order chi connectivity index (χ1) is 8.60. The van der Waals surface area contributed by atoms with Crippen molar-refractivity contribution in [2.75, 3.05) is 25.0 Å². The van der Waals surface area contributed by atoms with Crippen molar-refractivity contribution in [2.24, 2.45) is 11.8 Å². The normalized spacial score (nSPS) is 24.3. The molecule has 100 valence electrons. The maximum absolute atomic E-state index is 6.36. The average Bonchev–Trinajstić information content (AvgIpc) is 2.28. The molecule has 1 aromatic rings. The van der Waals surface area contributed by atoms with Crippen molar-refractivity contribution in [3.05, 3.63) is 22.8 Å². The zero-order valence-electron chi connectivity index (χ0n) is 11.4. The zero-order chi connectivity index (χ0) is 13.1. The summed E-state index contributed by atoms with van der Waals surface area (Å²) in [5.41, 5.74) is 1.13. The molecule has 4 heteroatoms. The lowest BCUT2D eigenvalue weighted by Gasteiger charge is -2.36. The molecule has 0 amide bonds. The van der Waals surface area contributed by atoms with Crippen LogP contribution in [0.4, 0.5) is 5.82 Å². The Bertz CT molecular complexity index is 398. The summed E-state index contributed by atoms with van der Waals surface area (Å²) in [5, 5.41) is 3.88. The van der Waals surface area contributed by atoms with E-state index in [0.29, 0.717) is 11.8 Å². The minimum Gasteiger partial charge on any atom is -0.355 e. The van der Waals surface area contributed by atoms with E-state index in [0.717, 1.165) is 36.0 Å². The predicted octanol–water partition coefficient (Wildman–Crippen LogP) is 2.94. The molecule has 18 heavy (non-hydrogen) atoms. The molecule has 2 heterocycles. The summed E-state index contributed by atoms with van der Waals surface area (Å²) in [4.78, 5) is 6.87. The molecule has 0 radical (unpaired) electrons. The Labute approximate surface area is 115 Å². The number of nitrogens with one attached hydrogen (secondary N) is 1. The van der Waals surface area contributed by atoms with Gasteiger partial charge in [-0.2, -0.15) is 0 Å². The highest BCUT2D eigenvalue weighted by Crippen LogP contribution is 2.30. The highest BCUT2D eigenvalue weighted by molar-refractivity contribution is 6.33. The lowest BCUT2D eigenvalue weighted by Crippen LogP contribution is -2.39. The lowest BCUT2D eigenvalue weighted by atomic mass is 9.92. The number of nitrogens with zero attached hydrogens (tertiary/aromatic N) is 2. The molecule has 1 saturated heterocycles. The molecule has 0 aliphatic carbocycles. The van der Waals surface area contributed by atoms with Gasteiger partial charge in [-0.25, -0.2) is 4.98 Å². The zero-order valence-corrected chi connectivity index (χ0v) is 12.2. The van der Waals surface area contributed by atoms with Gasteiger partial charge in [0.05, 0.1) is 5.02 Å². The van der Waals surface area contributed by atoms with Crippen molar-refractivity contribution < 1.29 is 0 Å². The molecule has 1 N–H and O–H groups in total. The summed E-state index contributed by atoms with van der Waals surface area (Å²) in [6.07, 6.45) is 3.22. The Morgan fingerprint density at radius 1 is 1.39 bits per heavy atom. The lowest BCUT2D eigenvalue weighted by molar-refractivity contribution is 0.355. The van der Waals surface area contributed by atoms with Gasteiger partial charge in [-0.3, -0.25) is 0 Å². The summed E-state index contributed by atoms with van der Waals surface area (Å²) in [6.45, 7) is 7.52. The first-order valence-electron chi connectivity index (χ1n) is 6.64. The van der Waals surface area contributed by atoms with Crippen LogP contribution in [-0.4, -0.2) is 25.1 Å². The fourth-order valence-corrected chi connectivity index (χ4v) is 3.15. The standard InChI is InChI=1S/C14H22ClN3/c1-10-4-11(2)9-18(8-10)14-13(15)5-12(6-16-3)7-17-14/h5,7,10-11,16H,4,6,8-9H2,1-3H3. The van der Waals surface area contributed by atoms with E-state index >= 15 is 0 Å². The number of hydrogen-bond acceptors (Lipinski definition) is 3. The molecule has 2 rings (SSSR count). The molecule has 0 saturated carbocycles. The van der Waals surface area contributed by atoms with E-state index in [9.17, 15) is 0 Å². The van der Waals surface area contributed by atoms with Crippen LogP contribution in [0.1, 0.15) is 25.8 Å². The van der Waals surface area contributed by atoms with Gasteiger partial charge in [-0.15, -0.1) is 0 Å². The Balaban J connectivity index is 2.17. The van der Waals surface area contributed by atoms with E-state index < -0.39 is 0 Å². The van der Waals surface area contributed by atoms with Crippen LogP contribution in [0.15, 0.2) is 12.3 Å². The number of rotatable bonds is 3. The molecular weight excluding hydrogens is 246 g/mol. The van der Waals surface area contributed by atoms with Gasteiger partial charge < -0.3 is 10.2 Å². The second-order valence-electron chi connectivity index (χ2n) is 5.53. The van der Waals surface area contributed by atoms with Crippen LogP contribution in [-0.2, 0) is 6.54 Å². The predicted molar refractivity (Wildman–Crippen MR) is 77.2 cm³/mol. The molecule has 0 aromatic carbocycles. The molecule has 0 spiro atoms. The number of aromatic nitrogens is 1. The topological polar surface area (TPSA) is 28.2 Å². The first kappa shape index (κ1) is 13.6. The largest absolute Gasteiger partial charge is 0.355 e. The van der Waals surface area contributed by atoms with E-state index in [4.69, 9.17) is 11.6 Å². The fourth-order valence-electron chi connectivity index (χ4n) is 2.84. The molecule has 1 aromatic heterocycles. The van der Waals surface area contributed by atoms with Crippen LogP contribution >= 0.6 is 11.6 Å². The summed E-state index contributed by atoms with van der Waals surface area (Å²) < 4.78 is 0. The van der Waals surface area contributed by atoms with Gasteiger partial charge in [0.2, 0.25) is 0 Å². The van der Waals surface area contributed by atoms with Gasteiger partial charge in [0.25, 0.3) is 0 Å². The van der Waals surface area contributed by atoms with E-state index in [1.54, 1.807) is 0 Å². The van der Waals surface area contributed by atoms with Gasteiger partial charge in [0, 0.05) is 25.8 Å². The third kappa shape index (κ3) is 3.15. The molecule has 0 bridgehead atoms. The van der Waals surface area contributed by atoms with E-state index in [-0.39, 0.29) is 0 Å². The highest BCUT2D eigenvalue weighted by atomic mass is 35.5. The second kappa shape index (κ2) is 5.89. The van der Waals surface area contributed by atoms with E-state index in [2.05, 4.69) is 29.0 Å². The highest BCUT2D eigenvalue weighted by Gasteiger charge is 2.24. The van der Waals surface area contributed by atoms with Crippen molar-refractivity contribution >= 4 is 17.4 Å². The number of piperidine rings is 1. The van der Waals surface area contributed by atoms with Crippen molar-refractivity contribution in [3.8, 4) is 0 Å². The monoisotopic (exact) mass is 267 g/mol. The van der Waals surface area contributed by atoms with Crippen LogP contribution in [0.25, 0.3) is 0 Å². The third-order valence-corrected chi connectivity index (χ3v) is 3.71. The summed E-state index contributed by atoms with van der Waals surface area (Å²) in [6, 6.07) is 2.02. The van der Waals surface area contributed by atoms with Gasteiger partial charge in [-0.1, -0.05) is 25.4 Å². The number of hydrogen-bond donors (Lipinski definition) is 1. The maximum atomic E-state index is 6.36. The summed E-state index contributed by atoms with van der Waals surface area (Å²) >= 11 is 6.36. The SMILES string of the molecule is CNCc1cnc(N2CC(C)CC(C)C2)c(Cl)c1. The molecule has 3 nitrogen and oxygen atoms in total. The molecule has 1 aliphatic heterocycles. The Hall–Kier alpha value is -0.800. The number of anilines is 1. The van der Waals surface area contributed by atoms with Crippen LogP contribution in [0, 0.1) is 11.8 Å². The molecule has 1 fully saturated rings. The quantitative estimate of drug-likeness (QED) is 0.913. The van der Waals surface area contributed by atoms with Gasteiger partial charge in [0.15, 0.2) is 0 Å². The summed E-state index contributed by atoms with van der Waals surface area (Å²) in [7, 11) is 1.93. The van der Waals surface area contributed by atoms with Crippen molar-refractivity contribution in [3.63, 3.8) is 0 Å². The van der Waals surface area contributed by atoms with Gasteiger partial charge in [-0.05, 0) is 36.9 Å². The van der Waals surface area contributed by atoms with E-state index in [1.165, 1.54) is 6.42 Å².